The molecular weight excluding hydrogens is 416 g/mol. The first-order valence-electron chi connectivity index (χ1n) is 9.72. The minimum atomic E-state index is -0.428. The molecule has 0 spiro atoms. The van der Waals surface area contributed by atoms with Crippen LogP contribution in [0.3, 0.4) is 0 Å². The Labute approximate surface area is 186 Å². The van der Waals surface area contributed by atoms with E-state index in [0.717, 1.165) is 11.1 Å². The van der Waals surface area contributed by atoms with E-state index in [9.17, 15) is 9.59 Å². The number of carbonyl (C=O) groups excluding carboxylic acids is 2. The number of halogens is 1. The number of hydrogen-bond donors (Lipinski definition) is 2. The second-order valence-corrected chi connectivity index (χ2v) is 7.23. The van der Waals surface area contributed by atoms with Crippen LogP contribution in [-0.4, -0.2) is 25.0 Å². The van der Waals surface area contributed by atoms with Crippen molar-refractivity contribution in [3.8, 4) is 11.5 Å². The second kappa shape index (κ2) is 11.0. The van der Waals surface area contributed by atoms with Crippen LogP contribution in [0.5, 0.6) is 11.5 Å². The maximum atomic E-state index is 12.1. The molecule has 0 bridgehead atoms. The molecule has 0 atom stereocenters. The highest BCUT2D eigenvalue weighted by atomic mass is 35.5. The quantitative estimate of drug-likeness (QED) is 0.520. The summed E-state index contributed by atoms with van der Waals surface area (Å²) in [5.41, 5.74) is 2.50. The lowest BCUT2D eigenvalue weighted by Crippen LogP contribution is -2.35. The Morgan fingerprint density at radius 2 is 1.55 bits per heavy atom. The highest BCUT2D eigenvalue weighted by Gasteiger charge is 2.11. The molecule has 0 aromatic heterocycles. The highest BCUT2D eigenvalue weighted by molar-refractivity contribution is 6.33. The third-order valence-corrected chi connectivity index (χ3v) is 4.60. The average Bonchev–Trinajstić information content (AvgIpc) is 2.78. The topological polar surface area (TPSA) is 76.7 Å². The molecule has 0 aliphatic rings. The molecule has 3 aromatic rings. The molecule has 0 unspecified atom stereocenters. The number of rotatable bonds is 9. The maximum Gasteiger partial charge on any atom is 0.258 e. The second-order valence-electron chi connectivity index (χ2n) is 6.82. The van der Waals surface area contributed by atoms with Gasteiger partial charge in [0.1, 0.15) is 6.61 Å². The van der Waals surface area contributed by atoms with Gasteiger partial charge >= 0.3 is 0 Å². The van der Waals surface area contributed by atoms with Crippen molar-refractivity contribution >= 4 is 29.1 Å². The smallest absolute Gasteiger partial charge is 0.258 e. The zero-order valence-electron chi connectivity index (χ0n) is 17.1. The van der Waals surface area contributed by atoms with Crippen LogP contribution in [0, 0.1) is 6.92 Å². The highest BCUT2D eigenvalue weighted by Crippen LogP contribution is 2.27. The van der Waals surface area contributed by atoms with Crippen molar-refractivity contribution in [2.75, 3.05) is 18.5 Å². The molecule has 2 amide bonds. The number of nitrogens with one attached hydrogen (secondary N) is 2. The van der Waals surface area contributed by atoms with Gasteiger partial charge < -0.3 is 20.1 Å². The Hall–Kier alpha value is -3.51. The van der Waals surface area contributed by atoms with Crippen LogP contribution in [-0.2, 0) is 16.2 Å². The summed E-state index contributed by atoms with van der Waals surface area (Å²) < 4.78 is 11.4. The standard InChI is InChI=1S/C24H23ClN2O4/c1-17-11-12-20(19(25)13-17)27-23(28)14-26-24(29)16-31-22-10-6-5-9-21(22)30-15-18-7-3-2-4-8-18/h2-13H,14-16H2,1H3,(H,26,29)(H,27,28). The van der Waals surface area contributed by atoms with E-state index < -0.39 is 5.91 Å². The van der Waals surface area contributed by atoms with Crippen LogP contribution < -0.4 is 20.1 Å². The van der Waals surface area contributed by atoms with Crippen LogP contribution in [0.1, 0.15) is 11.1 Å². The van der Waals surface area contributed by atoms with Crippen LogP contribution >= 0.6 is 11.6 Å². The van der Waals surface area contributed by atoms with Crippen molar-refractivity contribution in [1.82, 2.24) is 5.32 Å². The van der Waals surface area contributed by atoms with Gasteiger partial charge in [-0.2, -0.15) is 0 Å². The molecule has 7 heteroatoms. The Balaban J connectivity index is 1.45. The van der Waals surface area contributed by atoms with E-state index in [-0.39, 0.29) is 19.1 Å². The largest absolute Gasteiger partial charge is 0.485 e. The van der Waals surface area contributed by atoms with Gasteiger partial charge in [0, 0.05) is 0 Å². The number of ether oxygens (including phenoxy) is 2. The summed E-state index contributed by atoms with van der Waals surface area (Å²) in [6.45, 7) is 1.85. The third-order valence-electron chi connectivity index (χ3n) is 4.29. The summed E-state index contributed by atoms with van der Waals surface area (Å²) in [7, 11) is 0. The molecule has 0 aliphatic heterocycles. The molecular formula is C24H23ClN2O4. The first-order chi connectivity index (χ1) is 15.0. The molecule has 3 rings (SSSR count). The Morgan fingerprint density at radius 3 is 2.26 bits per heavy atom. The summed E-state index contributed by atoms with van der Waals surface area (Å²) in [5, 5.41) is 5.62. The van der Waals surface area contributed by atoms with Crippen LogP contribution in [0.15, 0.2) is 72.8 Å². The third kappa shape index (κ3) is 7.04. The molecule has 160 valence electrons. The fraction of sp³-hybridized carbons (Fsp3) is 0.167. The lowest BCUT2D eigenvalue weighted by molar-refractivity contribution is -0.125. The van der Waals surface area contributed by atoms with Crippen molar-refractivity contribution in [2.45, 2.75) is 13.5 Å². The molecule has 0 saturated heterocycles. The van der Waals surface area contributed by atoms with Gasteiger partial charge in [-0.25, -0.2) is 0 Å². The summed E-state index contributed by atoms with van der Waals surface area (Å²) in [5.74, 6) is 0.170. The number of para-hydroxylation sites is 2. The van der Waals surface area contributed by atoms with Crippen LogP contribution in [0.25, 0.3) is 0 Å². The van der Waals surface area contributed by atoms with Gasteiger partial charge in [0.05, 0.1) is 17.3 Å². The van der Waals surface area contributed by atoms with E-state index in [0.29, 0.717) is 28.8 Å². The molecule has 0 aliphatic carbocycles. The molecule has 0 heterocycles. The summed E-state index contributed by atoms with van der Waals surface area (Å²) in [4.78, 5) is 24.1. The molecule has 2 N–H and O–H groups in total. The minimum absolute atomic E-state index is 0.196. The number of anilines is 1. The number of aryl methyl sites for hydroxylation is 1. The van der Waals surface area contributed by atoms with Gasteiger partial charge in [0.25, 0.3) is 5.91 Å². The fourth-order valence-corrected chi connectivity index (χ4v) is 3.00. The van der Waals surface area contributed by atoms with Crippen molar-refractivity contribution in [3.63, 3.8) is 0 Å². The van der Waals surface area contributed by atoms with Gasteiger partial charge in [-0.1, -0.05) is 60.1 Å². The van der Waals surface area contributed by atoms with E-state index >= 15 is 0 Å². The number of amides is 2. The zero-order chi connectivity index (χ0) is 22.1. The summed E-state index contributed by atoms with van der Waals surface area (Å²) in [6, 6.07) is 22.2. The van der Waals surface area contributed by atoms with E-state index in [1.54, 1.807) is 30.3 Å². The molecule has 0 saturated carbocycles. The Bertz CT molecular complexity index is 1040. The molecule has 0 radical (unpaired) electrons. The van der Waals surface area contributed by atoms with Gasteiger partial charge in [-0.3, -0.25) is 9.59 Å². The number of carbonyl (C=O) groups is 2. The molecule has 3 aromatic carbocycles. The number of hydrogen-bond acceptors (Lipinski definition) is 4. The predicted molar refractivity (Wildman–Crippen MR) is 121 cm³/mol. The summed E-state index contributed by atoms with van der Waals surface area (Å²) >= 11 is 6.10. The van der Waals surface area contributed by atoms with Gasteiger partial charge in [-0.15, -0.1) is 0 Å². The summed E-state index contributed by atoms with van der Waals surface area (Å²) in [6.07, 6.45) is 0. The van der Waals surface area contributed by atoms with Crippen molar-refractivity contribution in [3.05, 3.63) is 88.9 Å². The van der Waals surface area contributed by atoms with Gasteiger partial charge in [0.2, 0.25) is 5.91 Å². The van der Waals surface area contributed by atoms with E-state index in [1.807, 2.05) is 49.4 Å². The Morgan fingerprint density at radius 1 is 0.871 bits per heavy atom. The van der Waals surface area contributed by atoms with E-state index in [1.165, 1.54) is 0 Å². The van der Waals surface area contributed by atoms with Crippen LogP contribution in [0.2, 0.25) is 5.02 Å². The molecule has 31 heavy (non-hydrogen) atoms. The molecule has 0 fully saturated rings. The fourth-order valence-electron chi connectivity index (χ4n) is 2.71. The lowest BCUT2D eigenvalue weighted by Gasteiger charge is -2.13. The zero-order valence-corrected chi connectivity index (χ0v) is 17.8. The van der Waals surface area contributed by atoms with Gasteiger partial charge in [-0.05, 0) is 42.3 Å². The van der Waals surface area contributed by atoms with Crippen LogP contribution in [0.4, 0.5) is 5.69 Å². The minimum Gasteiger partial charge on any atom is -0.485 e. The van der Waals surface area contributed by atoms with E-state index in [4.69, 9.17) is 21.1 Å². The molecule has 6 nitrogen and oxygen atoms in total. The Kier molecular flexibility index (Phi) is 7.90. The lowest BCUT2D eigenvalue weighted by atomic mass is 10.2. The van der Waals surface area contributed by atoms with Crippen molar-refractivity contribution in [2.24, 2.45) is 0 Å². The predicted octanol–water partition coefficient (Wildman–Crippen LogP) is 4.36. The SMILES string of the molecule is Cc1ccc(NC(=O)CNC(=O)COc2ccccc2OCc2ccccc2)c(Cl)c1. The van der Waals surface area contributed by atoms with Crippen molar-refractivity contribution < 1.29 is 19.1 Å². The normalized spacial score (nSPS) is 10.3. The number of benzene rings is 3. The average molecular weight is 439 g/mol. The van der Waals surface area contributed by atoms with Crippen molar-refractivity contribution in [1.29, 1.82) is 0 Å². The van der Waals surface area contributed by atoms with Gasteiger partial charge in [0.15, 0.2) is 18.1 Å². The first-order valence-corrected chi connectivity index (χ1v) is 10.1. The maximum absolute atomic E-state index is 12.1. The first kappa shape index (κ1) is 22.2. The van der Waals surface area contributed by atoms with E-state index in [2.05, 4.69) is 10.6 Å². The monoisotopic (exact) mass is 438 g/mol.